The molecule has 1 saturated heterocycles. The van der Waals surface area contributed by atoms with Crippen LogP contribution in [-0.2, 0) is 9.53 Å². The normalized spacial score (nSPS) is 18.8. The Morgan fingerprint density at radius 2 is 2.30 bits per heavy atom. The van der Waals surface area contributed by atoms with E-state index < -0.39 is 35.4 Å². The molecule has 1 unspecified atom stereocenters. The number of aromatic carboxylic acids is 1. The molecule has 110 valence electrons. The molecular weight excluding hydrogens is 269 g/mol. The van der Waals surface area contributed by atoms with E-state index in [0.717, 1.165) is 17.5 Å². The van der Waals surface area contributed by atoms with Crippen LogP contribution in [-0.4, -0.2) is 33.4 Å². The average Bonchev–Trinajstić information content (AvgIpc) is 2.77. The van der Waals surface area contributed by atoms with Gasteiger partial charge in [0.1, 0.15) is 5.69 Å². The Kier molecular flexibility index (Phi) is 4.33. The van der Waals surface area contributed by atoms with Gasteiger partial charge >= 0.3 is 5.97 Å². The van der Waals surface area contributed by atoms with Crippen molar-refractivity contribution >= 4 is 17.6 Å². The minimum atomic E-state index is -1.40. The van der Waals surface area contributed by atoms with Crippen molar-refractivity contribution in [1.29, 1.82) is 0 Å². The van der Waals surface area contributed by atoms with Crippen LogP contribution in [0, 0.1) is 5.95 Å². The molecule has 2 heterocycles. The number of rotatable bonds is 4. The van der Waals surface area contributed by atoms with Crippen molar-refractivity contribution in [2.45, 2.75) is 38.8 Å². The first-order chi connectivity index (χ1) is 9.54. The summed E-state index contributed by atoms with van der Waals surface area (Å²) in [5.74, 6) is -2.77. The molecule has 20 heavy (non-hydrogen) atoms. The Balaban J connectivity index is 2.36. The van der Waals surface area contributed by atoms with Crippen LogP contribution in [0.1, 0.15) is 49.3 Å². The number of halogens is 1. The van der Waals surface area contributed by atoms with E-state index in [4.69, 9.17) is 9.84 Å². The summed E-state index contributed by atoms with van der Waals surface area (Å²) in [5.41, 5.74) is -0.919. The number of carboxylic acids is 1. The SMILES string of the molecule is CCC(=O)Nc1c(C(=O)O)nn(C2CCCCO2)c1F. The lowest BCUT2D eigenvalue weighted by molar-refractivity contribution is -0.115. The van der Waals surface area contributed by atoms with Gasteiger partial charge in [-0.1, -0.05) is 6.92 Å². The second-order valence-electron chi connectivity index (χ2n) is 4.49. The lowest BCUT2D eigenvalue weighted by Gasteiger charge is -2.22. The van der Waals surface area contributed by atoms with E-state index in [1.807, 2.05) is 0 Å². The van der Waals surface area contributed by atoms with Crippen LogP contribution < -0.4 is 5.32 Å². The largest absolute Gasteiger partial charge is 0.476 e. The highest BCUT2D eigenvalue weighted by Crippen LogP contribution is 2.28. The van der Waals surface area contributed by atoms with Gasteiger partial charge in [-0.3, -0.25) is 4.79 Å². The zero-order valence-corrected chi connectivity index (χ0v) is 11.1. The molecule has 1 fully saturated rings. The number of nitrogens with zero attached hydrogens (tertiary/aromatic N) is 2. The number of carboxylic acid groups (broad SMARTS) is 1. The maximum atomic E-state index is 14.3. The van der Waals surface area contributed by atoms with Crippen LogP contribution in [0.25, 0.3) is 0 Å². The van der Waals surface area contributed by atoms with Gasteiger partial charge in [-0.25, -0.2) is 9.48 Å². The number of hydrogen-bond donors (Lipinski definition) is 2. The molecule has 8 heteroatoms. The number of ether oxygens (including phenoxy) is 1. The summed E-state index contributed by atoms with van der Waals surface area (Å²) in [7, 11) is 0. The third-order valence-corrected chi connectivity index (χ3v) is 3.07. The van der Waals surface area contributed by atoms with Crippen LogP contribution >= 0.6 is 0 Å². The summed E-state index contributed by atoms with van der Waals surface area (Å²) in [4.78, 5) is 22.5. The van der Waals surface area contributed by atoms with Gasteiger partial charge in [0, 0.05) is 13.0 Å². The number of carbonyl (C=O) groups excluding carboxylic acids is 1. The number of aromatic nitrogens is 2. The minimum absolute atomic E-state index is 0.115. The third kappa shape index (κ3) is 2.79. The quantitative estimate of drug-likeness (QED) is 0.879. The maximum absolute atomic E-state index is 14.3. The summed E-state index contributed by atoms with van der Waals surface area (Å²) in [6, 6.07) is 0. The Hall–Kier alpha value is -1.96. The molecule has 1 aliphatic heterocycles. The fourth-order valence-corrected chi connectivity index (χ4v) is 2.01. The average molecular weight is 285 g/mol. The van der Waals surface area contributed by atoms with Crippen LogP contribution in [0.3, 0.4) is 0 Å². The second-order valence-corrected chi connectivity index (χ2v) is 4.49. The Morgan fingerprint density at radius 1 is 1.55 bits per heavy atom. The molecule has 2 N–H and O–H groups in total. The molecule has 1 aliphatic rings. The summed E-state index contributed by atoms with van der Waals surface area (Å²) in [6.07, 6.45) is 1.77. The molecule has 0 bridgehead atoms. The molecule has 0 saturated carbocycles. The maximum Gasteiger partial charge on any atom is 0.358 e. The first-order valence-corrected chi connectivity index (χ1v) is 6.47. The predicted octanol–water partition coefficient (Wildman–Crippen LogP) is 1.77. The van der Waals surface area contributed by atoms with Gasteiger partial charge < -0.3 is 15.2 Å². The van der Waals surface area contributed by atoms with Gasteiger partial charge in [-0.05, 0) is 19.3 Å². The summed E-state index contributed by atoms with van der Waals surface area (Å²) < 4.78 is 20.6. The smallest absolute Gasteiger partial charge is 0.358 e. The highest BCUT2D eigenvalue weighted by atomic mass is 19.1. The van der Waals surface area contributed by atoms with E-state index in [1.165, 1.54) is 0 Å². The summed E-state index contributed by atoms with van der Waals surface area (Å²) >= 11 is 0. The van der Waals surface area contributed by atoms with E-state index in [9.17, 15) is 14.0 Å². The topological polar surface area (TPSA) is 93.5 Å². The van der Waals surface area contributed by atoms with E-state index in [2.05, 4.69) is 10.4 Å². The zero-order valence-electron chi connectivity index (χ0n) is 11.1. The van der Waals surface area contributed by atoms with Crippen molar-refractivity contribution in [3.63, 3.8) is 0 Å². The first-order valence-electron chi connectivity index (χ1n) is 6.47. The van der Waals surface area contributed by atoms with Crippen LogP contribution in [0.5, 0.6) is 0 Å². The van der Waals surface area contributed by atoms with Gasteiger partial charge in [0.2, 0.25) is 11.9 Å². The van der Waals surface area contributed by atoms with Crippen molar-refractivity contribution in [2.75, 3.05) is 11.9 Å². The number of carbonyl (C=O) groups is 2. The van der Waals surface area contributed by atoms with Gasteiger partial charge in [0.25, 0.3) is 0 Å². The summed E-state index contributed by atoms with van der Waals surface area (Å²) in [6.45, 7) is 2.06. The number of hydrogen-bond acceptors (Lipinski definition) is 4. The molecule has 0 aromatic carbocycles. The first kappa shape index (κ1) is 14.4. The Bertz CT molecular complexity index is 523. The van der Waals surface area contributed by atoms with Gasteiger partial charge in [-0.2, -0.15) is 9.49 Å². The van der Waals surface area contributed by atoms with Crippen LogP contribution in [0.4, 0.5) is 10.1 Å². The van der Waals surface area contributed by atoms with Crippen molar-refractivity contribution in [1.82, 2.24) is 9.78 Å². The van der Waals surface area contributed by atoms with E-state index in [0.29, 0.717) is 13.0 Å². The van der Waals surface area contributed by atoms with Crippen molar-refractivity contribution < 1.29 is 23.8 Å². The number of amides is 1. The highest BCUT2D eigenvalue weighted by Gasteiger charge is 2.29. The standard InChI is InChI=1S/C12H16FN3O4/c1-2-7(17)14-9-10(12(18)19)15-16(11(9)13)8-5-3-4-6-20-8/h8H,2-6H2,1H3,(H,14,17)(H,18,19). The number of anilines is 1. The molecule has 7 nitrogen and oxygen atoms in total. The Labute approximate surface area is 114 Å². The van der Waals surface area contributed by atoms with E-state index in [1.54, 1.807) is 6.92 Å². The second kappa shape index (κ2) is 6.00. The predicted molar refractivity (Wildman–Crippen MR) is 66.9 cm³/mol. The molecule has 1 amide bonds. The fourth-order valence-electron chi connectivity index (χ4n) is 2.01. The summed E-state index contributed by atoms with van der Waals surface area (Å²) in [5, 5.41) is 15.0. The van der Waals surface area contributed by atoms with Gasteiger partial charge in [0.05, 0.1) is 0 Å². The molecular formula is C12H16FN3O4. The van der Waals surface area contributed by atoms with Crippen molar-refractivity contribution in [3.05, 3.63) is 11.6 Å². The van der Waals surface area contributed by atoms with E-state index >= 15 is 0 Å². The lowest BCUT2D eigenvalue weighted by Crippen LogP contribution is -2.21. The van der Waals surface area contributed by atoms with Crippen molar-refractivity contribution in [3.8, 4) is 0 Å². The number of nitrogens with one attached hydrogen (secondary N) is 1. The van der Waals surface area contributed by atoms with Crippen LogP contribution in [0.15, 0.2) is 0 Å². The monoisotopic (exact) mass is 285 g/mol. The van der Waals surface area contributed by atoms with E-state index in [-0.39, 0.29) is 6.42 Å². The molecule has 1 aromatic heterocycles. The minimum Gasteiger partial charge on any atom is -0.476 e. The third-order valence-electron chi connectivity index (χ3n) is 3.07. The van der Waals surface area contributed by atoms with Crippen molar-refractivity contribution in [2.24, 2.45) is 0 Å². The molecule has 0 aliphatic carbocycles. The fraction of sp³-hybridized carbons (Fsp3) is 0.583. The zero-order chi connectivity index (χ0) is 14.7. The van der Waals surface area contributed by atoms with Gasteiger partial charge in [0.15, 0.2) is 11.9 Å². The van der Waals surface area contributed by atoms with Crippen LogP contribution in [0.2, 0.25) is 0 Å². The highest BCUT2D eigenvalue weighted by molar-refractivity contribution is 5.99. The molecule has 0 spiro atoms. The molecule has 1 atom stereocenters. The molecule has 2 rings (SSSR count). The Morgan fingerprint density at radius 3 is 2.85 bits per heavy atom. The lowest BCUT2D eigenvalue weighted by atomic mass is 10.2. The van der Waals surface area contributed by atoms with Gasteiger partial charge in [-0.15, -0.1) is 0 Å². The molecule has 0 radical (unpaired) electrons. The molecule has 1 aromatic rings.